The predicted octanol–water partition coefficient (Wildman–Crippen LogP) is 3.18. The lowest BCUT2D eigenvalue weighted by atomic mass is 10.2. The second-order valence-corrected chi connectivity index (χ2v) is 5.26. The van der Waals surface area contributed by atoms with Crippen LogP contribution in [0.5, 0.6) is 17.2 Å². The number of amides is 1. The molecular weight excluding hydrogens is 306 g/mol. The summed E-state index contributed by atoms with van der Waals surface area (Å²) >= 11 is 0. The summed E-state index contributed by atoms with van der Waals surface area (Å²) in [6.45, 7) is 2.36. The Balaban J connectivity index is 1.92. The fourth-order valence-corrected chi connectivity index (χ4v) is 2.21. The highest BCUT2D eigenvalue weighted by Gasteiger charge is 2.18. The van der Waals surface area contributed by atoms with E-state index in [-0.39, 0.29) is 5.91 Å². The smallest absolute Gasteiger partial charge is 0.261 e. The summed E-state index contributed by atoms with van der Waals surface area (Å²) in [7, 11) is 3.22. The van der Waals surface area contributed by atoms with Crippen molar-refractivity contribution in [1.82, 2.24) is 5.32 Å². The van der Waals surface area contributed by atoms with Crippen molar-refractivity contribution in [3.05, 3.63) is 54.1 Å². The molecule has 1 amide bonds. The average Bonchev–Trinajstić information content (AvgIpc) is 2.64. The summed E-state index contributed by atoms with van der Waals surface area (Å²) in [5.74, 6) is 1.95. The number of hydrogen-bond donors (Lipinski definition) is 1. The number of carbonyl (C=O) groups is 1. The van der Waals surface area contributed by atoms with E-state index >= 15 is 0 Å². The Hall–Kier alpha value is -2.69. The first-order valence-corrected chi connectivity index (χ1v) is 7.87. The number of rotatable bonds is 8. The average molecular weight is 329 g/mol. The van der Waals surface area contributed by atoms with E-state index in [2.05, 4.69) is 5.32 Å². The molecule has 0 aliphatic heterocycles. The van der Waals surface area contributed by atoms with Gasteiger partial charge in [0.1, 0.15) is 17.2 Å². The van der Waals surface area contributed by atoms with Crippen LogP contribution in [-0.4, -0.2) is 26.2 Å². The second-order valence-electron chi connectivity index (χ2n) is 5.26. The molecule has 5 nitrogen and oxygen atoms in total. The minimum Gasteiger partial charge on any atom is -0.497 e. The molecule has 2 rings (SSSR count). The van der Waals surface area contributed by atoms with Crippen molar-refractivity contribution in [2.45, 2.75) is 26.0 Å². The van der Waals surface area contributed by atoms with Crippen LogP contribution in [0.1, 0.15) is 18.9 Å². The zero-order valence-electron chi connectivity index (χ0n) is 14.2. The standard InChI is InChI=1S/C19H23NO4/c1-4-18(24-17-7-5-6-16(12-17)23-3)19(21)20-13-14-8-10-15(22-2)11-9-14/h5-12,18H,4,13H2,1-3H3,(H,20,21). The molecule has 0 bridgehead atoms. The van der Waals surface area contributed by atoms with E-state index < -0.39 is 6.10 Å². The van der Waals surface area contributed by atoms with Gasteiger partial charge in [0, 0.05) is 12.6 Å². The summed E-state index contributed by atoms with van der Waals surface area (Å²) in [5, 5.41) is 2.90. The minimum absolute atomic E-state index is 0.142. The first-order valence-electron chi connectivity index (χ1n) is 7.87. The maximum Gasteiger partial charge on any atom is 0.261 e. The molecule has 0 aromatic heterocycles. The van der Waals surface area contributed by atoms with Crippen molar-refractivity contribution in [3.8, 4) is 17.2 Å². The molecule has 1 unspecified atom stereocenters. The van der Waals surface area contributed by atoms with E-state index in [1.165, 1.54) is 0 Å². The lowest BCUT2D eigenvalue weighted by Gasteiger charge is -2.17. The lowest BCUT2D eigenvalue weighted by Crippen LogP contribution is -2.37. The molecule has 128 valence electrons. The van der Waals surface area contributed by atoms with Crippen molar-refractivity contribution in [3.63, 3.8) is 0 Å². The number of methoxy groups -OCH3 is 2. The summed E-state index contributed by atoms with van der Waals surface area (Å²) in [4.78, 5) is 12.3. The van der Waals surface area contributed by atoms with Gasteiger partial charge in [-0.25, -0.2) is 0 Å². The monoisotopic (exact) mass is 329 g/mol. The molecule has 2 aromatic rings. The molecule has 0 aliphatic rings. The molecule has 0 saturated heterocycles. The van der Waals surface area contributed by atoms with Gasteiger partial charge in [0.05, 0.1) is 14.2 Å². The number of hydrogen-bond acceptors (Lipinski definition) is 4. The van der Waals surface area contributed by atoms with E-state index in [4.69, 9.17) is 14.2 Å². The van der Waals surface area contributed by atoms with Gasteiger partial charge in [-0.3, -0.25) is 4.79 Å². The Bertz CT molecular complexity index is 655. The van der Waals surface area contributed by atoms with E-state index in [0.717, 1.165) is 11.3 Å². The maximum absolute atomic E-state index is 12.3. The fourth-order valence-electron chi connectivity index (χ4n) is 2.21. The van der Waals surface area contributed by atoms with Crippen molar-refractivity contribution < 1.29 is 19.0 Å². The Morgan fingerprint density at radius 3 is 2.29 bits per heavy atom. The molecule has 0 heterocycles. The molecule has 1 atom stereocenters. The quantitative estimate of drug-likeness (QED) is 0.808. The highest BCUT2D eigenvalue weighted by molar-refractivity contribution is 5.81. The first-order chi connectivity index (χ1) is 11.7. The van der Waals surface area contributed by atoms with Crippen molar-refractivity contribution >= 4 is 5.91 Å². The molecule has 0 spiro atoms. The van der Waals surface area contributed by atoms with Gasteiger partial charge >= 0.3 is 0 Å². The third-order valence-corrected chi connectivity index (χ3v) is 3.61. The third-order valence-electron chi connectivity index (χ3n) is 3.61. The number of carbonyl (C=O) groups excluding carboxylic acids is 1. The molecule has 5 heteroatoms. The van der Waals surface area contributed by atoms with Crippen LogP contribution in [0.2, 0.25) is 0 Å². The minimum atomic E-state index is -0.546. The number of benzene rings is 2. The molecule has 1 N–H and O–H groups in total. The zero-order chi connectivity index (χ0) is 17.4. The summed E-state index contributed by atoms with van der Waals surface area (Å²) in [6.07, 6.45) is 0.0291. The lowest BCUT2D eigenvalue weighted by molar-refractivity contribution is -0.128. The summed E-state index contributed by atoms with van der Waals surface area (Å²) in [5.41, 5.74) is 1.00. The van der Waals surface area contributed by atoms with Crippen LogP contribution in [0.4, 0.5) is 0 Å². The molecule has 0 aliphatic carbocycles. The predicted molar refractivity (Wildman–Crippen MR) is 92.5 cm³/mol. The highest BCUT2D eigenvalue weighted by atomic mass is 16.5. The summed E-state index contributed by atoms with van der Waals surface area (Å²) < 4.78 is 16.1. The first kappa shape index (κ1) is 17.7. The van der Waals surface area contributed by atoms with Crippen LogP contribution < -0.4 is 19.5 Å². The van der Waals surface area contributed by atoms with Crippen molar-refractivity contribution in [1.29, 1.82) is 0 Å². The molecule has 0 fully saturated rings. The van der Waals surface area contributed by atoms with Gasteiger partial charge in [-0.1, -0.05) is 25.1 Å². The van der Waals surface area contributed by atoms with Gasteiger partial charge in [0.2, 0.25) is 0 Å². The van der Waals surface area contributed by atoms with E-state index in [0.29, 0.717) is 24.5 Å². The molecule has 0 radical (unpaired) electrons. The second kappa shape index (κ2) is 8.82. The van der Waals surface area contributed by atoms with Gasteiger partial charge in [-0.05, 0) is 36.2 Å². The van der Waals surface area contributed by atoms with Crippen LogP contribution in [0.3, 0.4) is 0 Å². The van der Waals surface area contributed by atoms with Crippen LogP contribution in [-0.2, 0) is 11.3 Å². The summed E-state index contributed by atoms with van der Waals surface area (Å²) in [6, 6.07) is 14.8. The van der Waals surface area contributed by atoms with Gasteiger partial charge in [0.15, 0.2) is 6.10 Å². The van der Waals surface area contributed by atoms with Crippen LogP contribution >= 0.6 is 0 Å². The zero-order valence-corrected chi connectivity index (χ0v) is 14.2. The topological polar surface area (TPSA) is 56.8 Å². The van der Waals surface area contributed by atoms with Crippen molar-refractivity contribution in [2.24, 2.45) is 0 Å². The Labute approximate surface area is 142 Å². The third kappa shape index (κ3) is 4.91. The van der Waals surface area contributed by atoms with Crippen LogP contribution in [0.25, 0.3) is 0 Å². The molecule has 24 heavy (non-hydrogen) atoms. The van der Waals surface area contributed by atoms with Gasteiger partial charge in [-0.15, -0.1) is 0 Å². The largest absolute Gasteiger partial charge is 0.497 e. The number of nitrogens with one attached hydrogen (secondary N) is 1. The Kier molecular flexibility index (Phi) is 6.49. The molecular formula is C19H23NO4. The Morgan fingerprint density at radius 2 is 1.67 bits per heavy atom. The maximum atomic E-state index is 12.3. The van der Waals surface area contributed by atoms with Gasteiger partial charge in [0.25, 0.3) is 5.91 Å². The SMILES string of the molecule is CCC(Oc1cccc(OC)c1)C(=O)NCc1ccc(OC)cc1. The van der Waals surface area contributed by atoms with Gasteiger partial charge in [-0.2, -0.15) is 0 Å². The van der Waals surface area contributed by atoms with E-state index in [9.17, 15) is 4.79 Å². The van der Waals surface area contributed by atoms with E-state index in [1.54, 1.807) is 20.3 Å². The van der Waals surface area contributed by atoms with E-state index in [1.807, 2.05) is 49.4 Å². The van der Waals surface area contributed by atoms with Crippen LogP contribution in [0.15, 0.2) is 48.5 Å². The van der Waals surface area contributed by atoms with Crippen LogP contribution in [0, 0.1) is 0 Å². The fraction of sp³-hybridized carbons (Fsp3) is 0.316. The highest BCUT2D eigenvalue weighted by Crippen LogP contribution is 2.20. The Morgan fingerprint density at radius 1 is 1.00 bits per heavy atom. The number of ether oxygens (including phenoxy) is 3. The normalized spacial score (nSPS) is 11.5. The van der Waals surface area contributed by atoms with Crippen molar-refractivity contribution in [2.75, 3.05) is 14.2 Å². The molecule has 0 saturated carbocycles. The van der Waals surface area contributed by atoms with Gasteiger partial charge < -0.3 is 19.5 Å². The molecule has 2 aromatic carbocycles.